The van der Waals surface area contributed by atoms with E-state index < -0.39 is 121 Å². The van der Waals surface area contributed by atoms with Crippen molar-refractivity contribution >= 4 is 387 Å². The molecule has 0 unspecified atom stereocenters. The average Bonchev–Trinajstić information content (AvgIpc) is 3.50. The summed E-state index contributed by atoms with van der Waals surface area (Å²) >= 11 is 172. The van der Waals surface area contributed by atoms with Gasteiger partial charge in [-0.25, -0.2) is 0 Å². The first-order chi connectivity index (χ1) is 37.3. The summed E-state index contributed by atoms with van der Waals surface area (Å²) in [5.74, 6) is 0. The van der Waals surface area contributed by atoms with Gasteiger partial charge in [-0.3, -0.25) is 0 Å². The molecule has 0 heterocycles. The average molecular weight is 1960 g/mol. The Morgan fingerprint density at radius 2 is 0.153 bits per heavy atom. The zero-order valence-corrected chi connectivity index (χ0v) is 87.3. The Bertz CT molecular complexity index is 1440. The summed E-state index contributed by atoms with van der Waals surface area (Å²) < 4.78 is 0. The highest BCUT2D eigenvalue weighted by Crippen LogP contribution is 2.52. The van der Waals surface area contributed by atoms with Crippen molar-refractivity contribution in [2.75, 3.05) is 0 Å². The molecule has 0 aliphatic carbocycles. The Hall–Kier alpha value is 10.6. The third-order valence-electron chi connectivity index (χ3n) is 17.9. The van der Waals surface area contributed by atoms with E-state index in [-0.39, 0.29) is 0 Å². The first kappa shape index (κ1) is 95.6. The van der Waals surface area contributed by atoms with Crippen LogP contribution in [0.1, 0.15) is 0 Å². The van der Waals surface area contributed by atoms with E-state index >= 15 is 0 Å². The Morgan fingerprint density at radius 3 is 0.200 bits per heavy atom. The molecule has 0 aromatic heterocycles. The summed E-state index contributed by atoms with van der Waals surface area (Å²) in [5, 5.41) is 0. The van der Waals surface area contributed by atoms with Gasteiger partial charge in [0.15, 0.2) is 0 Å². The summed E-state index contributed by atoms with van der Waals surface area (Å²) in [6, 6.07) is 29.1. The molecule has 0 atom stereocenters. The second kappa shape index (κ2) is 39.7. The molecule has 41 heteroatoms. The van der Waals surface area contributed by atoms with Crippen LogP contribution < -0.4 is 0 Å². The Morgan fingerprint density at radius 1 is 0.106 bits per heavy atom. The van der Waals surface area contributed by atoms with E-state index in [1.54, 1.807) is 0 Å². The standard InChI is InChI=1S/C44H100Cl24Si17/c1-69(45,46)13-25-81(26-14-70(2,47)48,27-15-71(3,49)50)37-41-85(42-38-82(28-16-72(4,51)52,29-17-73(5,53)54)30-18-74(6,55)56,43-39-83(31-19-75(7,57)58,32-20-76(8,59)60)33-21-77(9,61)62)44-40-84(34-22-78(10,63)64,35-23-79(11,65)66)36-24-80(12,67)68/h13-44H2,1-12H3. The third-order valence-corrected chi connectivity index (χ3v) is 79.2. The number of rotatable bonds is 48. The van der Waals surface area contributed by atoms with Crippen molar-refractivity contribution in [3.8, 4) is 0 Å². The molecule has 512 valence electrons. The minimum absolute atomic E-state index is 0.764. The molecule has 85 heavy (non-hydrogen) atoms. The maximum atomic E-state index is 7.18. The van der Waals surface area contributed by atoms with Gasteiger partial charge in [-0.05, 0) is 151 Å². The van der Waals surface area contributed by atoms with Gasteiger partial charge >= 0.3 is 0 Å². The lowest BCUT2D eigenvalue weighted by atomic mass is 10.8. The molecule has 0 nitrogen and oxygen atoms in total. The summed E-state index contributed by atoms with van der Waals surface area (Å²) in [6.07, 6.45) is 0. The molecule has 0 saturated carbocycles. The lowest BCUT2D eigenvalue weighted by molar-refractivity contribution is 0.988. The van der Waals surface area contributed by atoms with Crippen LogP contribution in [0.15, 0.2) is 0 Å². The van der Waals surface area contributed by atoms with Crippen LogP contribution in [-0.2, 0) is 0 Å². The quantitative estimate of drug-likeness (QED) is 0.0421. The van der Waals surface area contributed by atoms with Crippen molar-refractivity contribution in [1.82, 2.24) is 0 Å². The highest BCUT2D eigenvalue weighted by molar-refractivity contribution is 7.50. The van der Waals surface area contributed by atoms with Crippen LogP contribution in [0.4, 0.5) is 0 Å². The van der Waals surface area contributed by atoms with E-state index in [9.17, 15) is 0 Å². The van der Waals surface area contributed by atoms with Crippen molar-refractivity contribution in [3.05, 3.63) is 0 Å². The van der Waals surface area contributed by atoms with Gasteiger partial charge in [0.2, 0.25) is 80.3 Å². The molecule has 0 amide bonds. The van der Waals surface area contributed by atoms with Crippen LogP contribution in [0, 0.1) is 0 Å². The molecule has 0 aliphatic heterocycles. The molecule has 0 aliphatic rings. The fourth-order valence-electron chi connectivity index (χ4n) is 11.7. The zero-order chi connectivity index (χ0) is 67.1. The first-order valence-corrected chi connectivity index (χ1v) is 101. The van der Waals surface area contributed by atoms with Crippen LogP contribution in [0.5, 0.6) is 0 Å². The van der Waals surface area contributed by atoms with Crippen LogP contribution in [0.25, 0.3) is 0 Å². The van der Waals surface area contributed by atoms with Crippen molar-refractivity contribution in [2.24, 2.45) is 0 Å². The van der Waals surface area contributed by atoms with Gasteiger partial charge in [0.05, 0.1) is 40.4 Å². The molecule has 0 radical (unpaired) electrons. The zero-order valence-electron chi connectivity index (χ0n) is 52.2. The Kier molecular flexibility index (Phi) is 44.6. The number of halogens is 24. The lowest BCUT2D eigenvalue weighted by Gasteiger charge is -2.46. The van der Waals surface area contributed by atoms with Crippen molar-refractivity contribution in [3.63, 3.8) is 0 Å². The molecular formula is C44H100Cl24Si17. The van der Waals surface area contributed by atoms with E-state index in [0.29, 0.717) is 0 Å². The molecule has 0 N–H and O–H groups in total. The summed E-state index contributed by atoms with van der Waals surface area (Å²) in [5.41, 5.74) is 0. The minimum Gasteiger partial charge on any atom is -0.146 e. The normalized spacial score (nSPS) is 15.4. The molecular weight excluding hydrogens is 1860 g/mol. The number of hydrogen-bond donors (Lipinski definition) is 0. The highest BCUT2D eigenvalue weighted by atomic mass is 35.7. The maximum absolute atomic E-state index is 7.18. The van der Waals surface area contributed by atoms with Crippen LogP contribution in [-0.4, -0.2) is 121 Å². The van der Waals surface area contributed by atoms with Crippen molar-refractivity contribution in [1.29, 1.82) is 0 Å². The lowest BCUT2D eigenvalue weighted by Crippen LogP contribution is -2.48. The minimum atomic E-state index is -2.65. The fraction of sp³-hybridized carbons (Fsp3) is 1.00. The van der Waals surface area contributed by atoms with Crippen molar-refractivity contribution in [2.45, 2.75) is 272 Å². The van der Waals surface area contributed by atoms with Gasteiger partial charge < -0.3 is 0 Å². The SMILES string of the molecule is C[Si](Cl)(Cl)CC[Si](CC[Si](C)(Cl)Cl)(CC[Si](C)(Cl)Cl)CC[Si](CC[Si](CC[Si](C)(Cl)Cl)(CC[Si](C)(Cl)Cl)CC[Si](C)(Cl)Cl)(CC[Si](CC[Si](C)(Cl)Cl)(CC[Si](C)(Cl)Cl)CC[Si](C)(Cl)Cl)CC[Si](CC[Si](C)(Cl)Cl)(CC[Si](C)(Cl)Cl)CC[Si](C)(Cl)Cl. The molecule has 0 fully saturated rings. The second-order valence-electron chi connectivity index (χ2n) is 28.3. The third kappa shape index (κ3) is 54.0. The van der Waals surface area contributed by atoms with Crippen LogP contribution in [0.2, 0.25) is 272 Å². The van der Waals surface area contributed by atoms with Crippen LogP contribution in [0.3, 0.4) is 0 Å². The second-order valence-corrected chi connectivity index (χ2v) is 152. The molecule has 0 rings (SSSR count). The monoisotopic (exact) mass is 1940 g/mol. The number of hydrogen-bond acceptors (Lipinski definition) is 0. The molecule has 0 aromatic carbocycles. The molecule has 0 saturated heterocycles. The summed E-state index contributed by atoms with van der Waals surface area (Å²) in [6.45, 7) is -6.73. The van der Waals surface area contributed by atoms with E-state index in [1.807, 2.05) is 78.6 Å². The van der Waals surface area contributed by atoms with Crippen LogP contribution >= 0.6 is 266 Å². The topological polar surface area (TPSA) is 0 Å². The van der Waals surface area contributed by atoms with E-state index in [4.69, 9.17) is 266 Å². The summed E-state index contributed by atoms with van der Waals surface area (Å²) in [4.78, 5) is 0. The van der Waals surface area contributed by atoms with E-state index in [2.05, 4.69) is 0 Å². The van der Waals surface area contributed by atoms with Gasteiger partial charge in [0, 0.05) is 0 Å². The van der Waals surface area contributed by atoms with Gasteiger partial charge in [0.25, 0.3) is 0 Å². The summed E-state index contributed by atoms with van der Waals surface area (Å²) in [7, 11) is -12.3. The molecule has 0 bridgehead atoms. The van der Waals surface area contributed by atoms with Gasteiger partial charge in [-0.15, -0.1) is 266 Å². The predicted molar refractivity (Wildman–Crippen MR) is 462 cm³/mol. The van der Waals surface area contributed by atoms with Crippen molar-refractivity contribution < 1.29 is 0 Å². The predicted octanol–water partition coefficient (Wildman–Crippen LogP) is 31.8. The Balaban J connectivity index is 9.82. The van der Waals surface area contributed by atoms with Gasteiger partial charge in [0.1, 0.15) is 0 Å². The highest BCUT2D eigenvalue weighted by Gasteiger charge is 2.50. The van der Waals surface area contributed by atoms with E-state index in [0.717, 1.165) is 193 Å². The fourth-order valence-corrected chi connectivity index (χ4v) is 103. The smallest absolute Gasteiger partial charge is 0.146 e. The molecule has 0 spiro atoms. The largest absolute Gasteiger partial charge is 0.248 e. The first-order valence-electron chi connectivity index (χ1n) is 29.8. The molecule has 0 aromatic rings. The maximum Gasteiger partial charge on any atom is 0.248 e. The van der Waals surface area contributed by atoms with Gasteiger partial charge in [-0.2, -0.15) is 0 Å². The van der Waals surface area contributed by atoms with E-state index in [1.165, 1.54) is 0 Å². The Labute approximate surface area is 648 Å². The van der Waals surface area contributed by atoms with Gasteiger partial charge in [-0.1, -0.05) is 121 Å².